The Labute approximate surface area is 137 Å². The van der Waals surface area contributed by atoms with Crippen LogP contribution in [0.2, 0.25) is 0 Å². The van der Waals surface area contributed by atoms with E-state index in [0.717, 1.165) is 5.57 Å². The van der Waals surface area contributed by atoms with Crippen molar-refractivity contribution < 1.29 is 19.4 Å². The smallest absolute Gasteiger partial charge is 0.408 e. The molecule has 1 atom stereocenters. The third-order valence-electron chi connectivity index (χ3n) is 3.72. The van der Waals surface area contributed by atoms with E-state index in [4.69, 9.17) is 16.3 Å². The predicted octanol–water partition coefficient (Wildman–Crippen LogP) is 3.66. The van der Waals surface area contributed by atoms with Gasteiger partial charge in [0.1, 0.15) is 5.54 Å². The molecule has 0 aliphatic carbocycles. The number of likely N-dealkylation sites (tertiary alicyclic amines) is 1. The molecule has 1 heterocycles. The minimum Gasteiger partial charge on any atom is -0.465 e. The van der Waals surface area contributed by atoms with Crippen LogP contribution in [-0.2, 0) is 9.53 Å². The molecule has 1 aliphatic rings. The van der Waals surface area contributed by atoms with Crippen LogP contribution in [-0.4, -0.2) is 46.6 Å². The number of carbonyl (C=O) groups is 2. The Hall–Kier alpha value is -1.23. The van der Waals surface area contributed by atoms with E-state index in [1.54, 1.807) is 0 Å². The van der Waals surface area contributed by atoms with Gasteiger partial charge in [-0.05, 0) is 24.7 Å². The maximum absolute atomic E-state index is 12.7. The van der Waals surface area contributed by atoms with E-state index in [2.05, 4.69) is 6.58 Å². The summed E-state index contributed by atoms with van der Waals surface area (Å²) in [6.07, 6.45) is 0.670. The standard InChI is InChI=1S/C16H26ClNO4/c1-12-6-9-18(14(20)21)16(10-12,7-5-8-17)13(19)22-11-15(2,3)4/h1,5-11H2,2-4H3,(H,20,21). The van der Waals surface area contributed by atoms with Crippen LogP contribution < -0.4 is 0 Å². The third kappa shape index (κ3) is 4.63. The van der Waals surface area contributed by atoms with Crippen molar-refractivity contribution >= 4 is 23.7 Å². The van der Waals surface area contributed by atoms with Gasteiger partial charge in [0, 0.05) is 18.8 Å². The van der Waals surface area contributed by atoms with Crippen LogP contribution in [0.1, 0.15) is 46.5 Å². The quantitative estimate of drug-likeness (QED) is 0.474. The predicted molar refractivity (Wildman–Crippen MR) is 86.2 cm³/mol. The highest BCUT2D eigenvalue weighted by Gasteiger charge is 2.50. The van der Waals surface area contributed by atoms with Gasteiger partial charge in [0.05, 0.1) is 6.61 Å². The first-order chi connectivity index (χ1) is 10.1. The number of alkyl halides is 1. The highest BCUT2D eigenvalue weighted by molar-refractivity contribution is 6.17. The number of rotatable bonds is 5. The number of nitrogens with zero attached hydrogens (tertiary/aromatic N) is 1. The van der Waals surface area contributed by atoms with E-state index in [9.17, 15) is 14.7 Å². The van der Waals surface area contributed by atoms with Gasteiger partial charge in [-0.2, -0.15) is 0 Å². The normalized spacial score (nSPS) is 22.5. The van der Waals surface area contributed by atoms with E-state index in [0.29, 0.717) is 31.6 Å². The zero-order valence-electron chi connectivity index (χ0n) is 13.7. The van der Waals surface area contributed by atoms with Crippen molar-refractivity contribution in [2.75, 3.05) is 19.0 Å². The van der Waals surface area contributed by atoms with Crippen LogP contribution in [0.25, 0.3) is 0 Å². The molecule has 0 aromatic carbocycles. The molecule has 0 radical (unpaired) electrons. The highest BCUT2D eigenvalue weighted by Crippen LogP contribution is 2.36. The monoisotopic (exact) mass is 331 g/mol. The van der Waals surface area contributed by atoms with E-state index in [1.165, 1.54) is 4.90 Å². The number of esters is 1. The van der Waals surface area contributed by atoms with Gasteiger partial charge in [-0.1, -0.05) is 32.9 Å². The van der Waals surface area contributed by atoms with Crippen molar-refractivity contribution in [2.24, 2.45) is 5.41 Å². The molecule has 1 aliphatic heterocycles. The Morgan fingerprint density at radius 1 is 1.45 bits per heavy atom. The molecule has 22 heavy (non-hydrogen) atoms. The molecule has 0 saturated carbocycles. The summed E-state index contributed by atoms with van der Waals surface area (Å²) in [5.41, 5.74) is -0.496. The first-order valence-electron chi connectivity index (χ1n) is 7.53. The van der Waals surface area contributed by atoms with Crippen LogP contribution in [0.5, 0.6) is 0 Å². The maximum Gasteiger partial charge on any atom is 0.408 e. The van der Waals surface area contributed by atoms with Gasteiger partial charge in [-0.3, -0.25) is 4.90 Å². The van der Waals surface area contributed by atoms with Crippen molar-refractivity contribution in [1.29, 1.82) is 0 Å². The second-order valence-electron chi connectivity index (χ2n) is 7.07. The van der Waals surface area contributed by atoms with E-state index < -0.39 is 17.6 Å². The molecule has 6 heteroatoms. The van der Waals surface area contributed by atoms with Crippen molar-refractivity contribution in [1.82, 2.24) is 4.90 Å². The lowest BCUT2D eigenvalue weighted by molar-refractivity contribution is -0.161. The maximum atomic E-state index is 12.7. The minimum atomic E-state index is -1.19. The Morgan fingerprint density at radius 3 is 2.59 bits per heavy atom. The van der Waals surface area contributed by atoms with Crippen LogP contribution in [0.3, 0.4) is 0 Å². The van der Waals surface area contributed by atoms with Crippen LogP contribution in [0, 0.1) is 5.41 Å². The van der Waals surface area contributed by atoms with E-state index in [-0.39, 0.29) is 18.6 Å². The molecule has 1 saturated heterocycles. The highest BCUT2D eigenvalue weighted by atomic mass is 35.5. The van der Waals surface area contributed by atoms with Gasteiger partial charge in [0.25, 0.3) is 0 Å². The summed E-state index contributed by atoms with van der Waals surface area (Å²) in [5.74, 6) is -0.121. The summed E-state index contributed by atoms with van der Waals surface area (Å²) in [7, 11) is 0. The number of halogens is 1. The van der Waals surface area contributed by atoms with Gasteiger partial charge in [-0.25, -0.2) is 9.59 Å². The molecule has 1 rings (SSSR count). The summed E-state index contributed by atoms with van der Waals surface area (Å²) < 4.78 is 5.45. The fraction of sp³-hybridized carbons (Fsp3) is 0.750. The lowest BCUT2D eigenvalue weighted by atomic mass is 9.80. The van der Waals surface area contributed by atoms with Crippen LogP contribution in [0.15, 0.2) is 12.2 Å². The molecular formula is C16H26ClNO4. The first kappa shape index (κ1) is 18.8. The summed E-state index contributed by atoms with van der Waals surface area (Å²) in [5, 5.41) is 9.49. The molecule has 1 fully saturated rings. The average Bonchev–Trinajstić information content (AvgIpc) is 2.41. The van der Waals surface area contributed by atoms with Crippen LogP contribution >= 0.6 is 11.6 Å². The molecule has 1 amide bonds. The van der Waals surface area contributed by atoms with Crippen molar-refractivity contribution in [3.05, 3.63) is 12.2 Å². The van der Waals surface area contributed by atoms with Gasteiger partial charge < -0.3 is 9.84 Å². The molecule has 126 valence electrons. The van der Waals surface area contributed by atoms with Gasteiger partial charge in [0.2, 0.25) is 0 Å². The fourth-order valence-electron chi connectivity index (χ4n) is 2.64. The average molecular weight is 332 g/mol. The molecule has 5 nitrogen and oxygen atoms in total. The van der Waals surface area contributed by atoms with Crippen molar-refractivity contribution in [3.63, 3.8) is 0 Å². The van der Waals surface area contributed by atoms with Crippen LogP contribution in [0.4, 0.5) is 4.79 Å². The third-order valence-corrected chi connectivity index (χ3v) is 3.99. The van der Waals surface area contributed by atoms with E-state index in [1.807, 2.05) is 20.8 Å². The largest absolute Gasteiger partial charge is 0.465 e. The lowest BCUT2D eigenvalue weighted by Crippen LogP contribution is -2.60. The summed E-state index contributed by atoms with van der Waals surface area (Å²) in [4.78, 5) is 25.5. The molecular weight excluding hydrogens is 306 g/mol. The Balaban J connectivity index is 3.06. The second-order valence-corrected chi connectivity index (χ2v) is 7.45. The molecule has 1 N–H and O–H groups in total. The zero-order chi connectivity index (χ0) is 17.0. The Kier molecular flexibility index (Phi) is 6.29. The fourth-order valence-corrected chi connectivity index (χ4v) is 2.78. The van der Waals surface area contributed by atoms with Gasteiger partial charge >= 0.3 is 12.1 Å². The number of carbonyl (C=O) groups excluding carboxylic acids is 1. The first-order valence-corrected chi connectivity index (χ1v) is 8.06. The summed E-state index contributed by atoms with van der Waals surface area (Å²) >= 11 is 5.76. The summed E-state index contributed by atoms with van der Waals surface area (Å²) in [6, 6.07) is 0. The zero-order valence-corrected chi connectivity index (χ0v) is 14.4. The van der Waals surface area contributed by atoms with Crippen molar-refractivity contribution in [3.8, 4) is 0 Å². The SMILES string of the molecule is C=C1CCN(C(=O)O)C(CCCCl)(C(=O)OCC(C)(C)C)C1. The topological polar surface area (TPSA) is 66.8 Å². The number of carboxylic acid groups (broad SMARTS) is 1. The summed E-state index contributed by atoms with van der Waals surface area (Å²) in [6.45, 7) is 10.3. The number of hydrogen-bond acceptors (Lipinski definition) is 3. The number of amides is 1. The Morgan fingerprint density at radius 2 is 2.09 bits per heavy atom. The molecule has 0 aromatic heterocycles. The number of ether oxygens (including phenoxy) is 1. The van der Waals surface area contributed by atoms with Gasteiger partial charge in [-0.15, -0.1) is 11.6 Å². The van der Waals surface area contributed by atoms with Crippen molar-refractivity contribution in [2.45, 2.75) is 52.0 Å². The number of hydrogen-bond donors (Lipinski definition) is 1. The molecule has 0 aromatic rings. The molecule has 1 unspecified atom stereocenters. The van der Waals surface area contributed by atoms with E-state index >= 15 is 0 Å². The lowest BCUT2D eigenvalue weighted by Gasteiger charge is -2.44. The second kappa shape index (κ2) is 7.36. The Bertz CT molecular complexity index is 444. The molecule has 0 bridgehead atoms. The van der Waals surface area contributed by atoms with Gasteiger partial charge in [0.15, 0.2) is 0 Å². The minimum absolute atomic E-state index is 0.178. The molecule has 0 spiro atoms. The number of piperidine rings is 1.